The molecule has 0 radical (unpaired) electrons. The number of nitrogens with one attached hydrogen (secondary N) is 1. The molecule has 5 heteroatoms. The molecule has 0 bridgehead atoms. The Labute approximate surface area is 133 Å². The quantitative estimate of drug-likeness (QED) is 0.764. The van der Waals surface area contributed by atoms with Crippen molar-refractivity contribution in [2.75, 3.05) is 5.32 Å². The average molecular weight is 404 g/mol. The van der Waals surface area contributed by atoms with Gasteiger partial charge in [-0.05, 0) is 51.8 Å². The second-order valence-electron chi connectivity index (χ2n) is 3.98. The Morgan fingerprint density at radius 3 is 2.63 bits per heavy atom. The Hall–Kier alpha value is -0.840. The second-order valence-corrected chi connectivity index (χ2v) is 6.16. The van der Waals surface area contributed by atoms with Crippen LogP contribution >= 0.6 is 43.5 Å². The SMILES string of the molecule is O=C(Cc1cccc(Br)c1)Nc1ccc(Cl)c(Br)c1. The van der Waals surface area contributed by atoms with E-state index in [-0.39, 0.29) is 5.91 Å². The van der Waals surface area contributed by atoms with E-state index in [0.29, 0.717) is 11.4 Å². The highest BCUT2D eigenvalue weighted by Gasteiger charge is 2.06. The lowest BCUT2D eigenvalue weighted by atomic mass is 10.1. The molecule has 1 amide bonds. The molecule has 0 atom stereocenters. The Balaban J connectivity index is 2.03. The van der Waals surface area contributed by atoms with E-state index in [0.717, 1.165) is 20.2 Å². The molecule has 2 aromatic rings. The van der Waals surface area contributed by atoms with Crippen molar-refractivity contribution in [3.8, 4) is 0 Å². The van der Waals surface area contributed by atoms with E-state index in [4.69, 9.17) is 11.6 Å². The van der Waals surface area contributed by atoms with E-state index in [1.54, 1.807) is 18.2 Å². The minimum absolute atomic E-state index is 0.0627. The van der Waals surface area contributed by atoms with Crippen LogP contribution in [0.5, 0.6) is 0 Å². The summed E-state index contributed by atoms with van der Waals surface area (Å²) in [6.45, 7) is 0. The van der Waals surface area contributed by atoms with Crippen molar-refractivity contribution in [2.45, 2.75) is 6.42 Å². The minimum Gasteiger partial charge on any atom is -0.326 e. The van der Waals surface area contributed by atoms with Crippen LogP contribution in [0.15, 0.2) is 51.4 Å². The highest BCUT2D eigenvalue weighted by Crippen LogP contribution is 2.25. The maximum absolute atomic E-state index is 11.9. The van der Waals surface area contributed by atoms with Gasteiger partial charge in [0, 0.05) is 14.6 Å². The van der Waals surface area contributed by atoms with Gasteiger partial charge in [-0.15, -0.1) is 0 Å². The normalized spacial score (nSPS) is 10.3. The predicted octanol–water partition coefficient (Wildman–Crippen LogP) is 5.05. The van der Waals surface area contributed by atoms with E-state index in [2.05, 4.69) is 37.2 Å². The molecule has 0 unspecified atom stereocenters. The molecule has 0 aliphatic carbocycles. The summed E-state index contributed by atoms with van der Waals surface area (Å²) in [7, 11) is 0. The van der Waals surface area contributed by atoms with Crippen molar-refractivity contribution in [2.24, 2.45) is 0 Å². The summed E-state index contributed by atoms with van der Waals surface area (Å²) >= 11 is 12.6. The molecule has 0 aliphatic rings. The first-order valence-electron chi connectivity index (χ1n) is 5.54. The largest absolute Gasteiger partial charge is 0.326 e. The van der Waals surface area contributed by atoms with E-state index in [9.17, 15) is 4.79 Å². The monoisotopic (exact) mass is 401 g/mol. The number of amides is 1. The third-order valence-corrected chi connectivity index (χ3v) is 4.16. The van der Waals surface area contributed by atoms with Gasteiger partial charge in [0.25, 0.3) is 0 Å². The molecule has 0 fully saturated rings. The van der Waals surface area contributed by atoms with Crippen molar-refractivity contribution in [1.29, 1.82) is 0 Å². The zero-order chi connectivity index (χ0) is 13.8. The van der Waals surface area contributed by atoms with Crippen LogP contribution in [0, 0.1) is 0 Å². The molecule has 0 saturated heterocycles. The molecule has 0 aliphatic heterocycles. The number of carbonyl (C=O) groups excluding carboxylic acids is 1. The summed E-state index contributed by atoms with van der Waals surface area (Å²) in [4.78, 5) is 11.9. The van der Waals surface area contributed by atoms with Gasteiger partial charge in [-0.2, -0.15) is 0 Å². The summed E-state index contributed by atoms with van der Waals surface area (Å²) in [5.74, 6) is -0.0627. The van der Waals surface area contributed by atoms with Gasteiger partial charge >= 0.3 is 0 Å². The topological polar surface area (TPSA) is 29.1 Å². The molecule has 0 saturated carbocycles. The Kier molecular flexibility index (Phi) is 5.02. The molecule has 19 heavy (non-hydrogen) atoms. The third kappa shape index (κ3) is 4.34. The molecular formula is C14H10Br2ClNO. The van der Waals surface area contributed by atoms with Crippen molar-refractivity contribution in [1.82, 2.24) is 0 Å². The van der Waals surface area contributed by atoms with Crippen molar-refractivity contribution in [3.05, 3.63) is 62.0 Å². The number of halogens is 3. The number of anilines is 1. The summed E-state index contributed by atoms with van der Waals surface area (Å²) < 4.78 is 1.72. The van der Waals surface area contributed by atoms with Gasteiger partial charge in [-0.3, -0.25) is 4.79 Å². The van der Waals surface area contributed by atoms with Gasteiger partial charge < -0.3 is 5.32 Å². The summed E-state index contributed by atoms with van der Waals surface area (Å²) in [6.07, 6.45) is 0.333. The fourth-order valence-corrected chi connectivity index (χ4v) is 2.55. The molecule has 2 nitrogen and oxygen atoms in total. The average Bonchev–Trinajstić information content (AvgIpc) is 2.34. The summed E-state index contributed by atoms with van der Waals surface area (Å²) in [6, 6.07) is 13.0. The zero-order valence-electron chi connectivity index (χ0n) is 9.79. The first-order valence-corrected chi connectivity index (χ1v) is 7.50. The van der Waals surface area contributed by atoms with Crippen molar-refractivity contribution < 1.29 is 4.79 Å². The Morgan fingerprint density at radius 1 is 1.16 bits per heavy atom. The molecule has 0 heterocycles. The zero-order valence-corrected chi connectivity index (χ0v) is 13.7. The highest BCUT2D eigenvalue weighted by molar-refractivity contribution is 9.10. The lowest BCUT2D eigenvalue weighted by molar-refractivity contribution is -0.115. The van der Waals surface area contributed by atoms with Crippen molar-refractivity contribution >= 4 is 55.1 Å². The molecule has 98 valence electrons. The first kappa shape index (κ1) is 14.6. The smallest absolute Gasteiger partial charge is 0.228 e. The van der Waals surface area contributed by atoms with Gasteiger partial charge in [0.1, 0.15) is 0 Å². The predicted molar refractivity (Wildman–Crippen MR) is 85.6 cm³/mol. The number of benzene rings is 2. The third-order valence-electron chi connectivity index (χ3n) is 2.46. The van der Waals surface area contributed by atoms with E-state index < -0.39 is 0 Å². The number of hydrogen-bond donors (Lipinski definition) is 1. The minimum atomic E-state index is -0.0627. The van der Waals surface area contributed by atoms with Gasteiger partial charge in [-0.1, -0.05) is 39.7 Å². The molecular weight excluding hydrogens is 393 g/mol. The molecule has 2 aromatic carbocycles. The van der Waals surface area contributed by atoms with Crippen LogP contribution in [0.2, 0.25) is 5.02 Å². The van der Waals surface area contributed by atoms with Crippen LogP contribution in [0.4, 0.5) is 5.69 Å². The lowest BCUT2D eigenvalue weighted by Gasteiger charge is -2.07. The molecule has 1 N–H and O–H groups in total. The van der Waals surface area contributed by atoms with E-state index >= 15 is 0 Å². The maximum atomic E-state index is 11.9. The van der Waals surface area contributed by atoms with Crippen LogP contribution in [0.3, 0.4) is 0 Å². The summed E-state index contributed by atoms with van der Waals surface area (Å²) in [5, 5.41) is 3.45. The van der Waals surface area contributed by atoms with Crippen LogP contribution in [-0.2, 0) is 11.2 Å². The van der Waals surface area contributed by atoms with Gasteiger partial charge in [0.2, 0.25) is 5.91 Å². The fourth-order valence-electron chi connectivity index (χ4n) is 1.61. The molecule has 2 rings (SSSR count). The van der Waals surface area contributed by atoms with Gasteiger partial charge in [0.15, 0.2) is 0 Å². The maximum Gasteiger partial charge on any atom is 0.228 e. The van der Waals surface area contributed by atoms with Crippen LogP contribution < -0.4 is 5.32 Å². The summed E-state index contributed by atoms with van der Waals surface area (Å²) in [5.41, 5.74) is 1.68. The molecule has 0 aromatic heterocycles. The van der Waals surface area contributed by atoms with Gasteiger partial charge in [0.05, 0.1) is 11.4 Å². The number of hydrogen-bond acceptors (Lipinski definition) is 1. The number of carbonyl (C=O) groups is 1. The van der Waals surface area contributed by atoms with Crippen LogP contribution in [0.25, 0.3) is 0 Å². The lowest BCUT2D eigenvalue weighted by Crippen LogP contribution is -2.14. The Bertz CT molecular complexity index is 616. The Morgan fingerprint density at radius 2 is 1.95 bits per heavy atom. The van der Waals surface area contributed by atoms with Crippen molar-refractivity contribution in [3.63, 3.8) is 0 Å². The van der Waals surface area contributed by atoms with Crippen LogP contribution in [-0.4, -0.2) is 5.91 Å². The van der Waals surface area contributed by atoms with E-state index in [1.165, 1.54) is 0 Å². The second kappa shape index (κ2) is 6.55. The standard InChI is InChI=1S/C14H10Br2ClNO/c15-10-3-1-2-9(6-10)7-14(19)18-11-4-5-13(17)12(16)8-11/h1-6,8H,7H2,(H,18,19). The fraction of sp³-hybridized carbons (Fsp3) is 0.0714. The van der Waals surface area contributed by atoms with Crippen LogP contribution in [0.1, 0.15) is 5.56 Å². The molecule has 0 spiro atoms. The first-order chi connectivity index (χ1) is 9.04. The number of rotatable bonds is 3. The van der Waals surface area contributed by atoms with Gasteiger partial charge in [-0.25, -0.2) is 0 Å². The highest BCUT2D eigenvalue weighted by atomic mass is 79.9. The van der Waals surface area contributed by atoms with E-state index in [1.807, 2.05) is 24.3 Å².